The summed E-state index contributed by atoms with van der Waals surface area (Å²) >= 11 is 5.93. The molecule has 0 fully saturated rings. The van der Waals surface area contributed by atoms with Crippen molar-refractivity contribution in [2.75, 3.05) is 19.5 Å². The Morgan fingerprint density at radius 2 is 1.84 bits per heavy atom. The monoisotopic (exact) mass is 287 g/mol. The Bertz CT molecular complexity index is 489. The van der Waals surface area contributed by atoms with Crippen LogP contribution < -0.4 is 14.8 Å². The molecule has 0 aromatic heterocycles. The summed E-state index contributed by atoms with van der Waals surface area (Å²) < 4.78 is 10.1. The van der Waals surface area contributed by atoms with Crippen molar-refractivity contribution in [3.63, 3.8) is 0 Å². The number of halogens is 1. The number of carbonyl (C=O) groups is 2. The van der Waals surface area contributed by atoms with E-state index in [4.69, 9.17) is 26.2 Å². The highest BCUT2D eigenvalue weighted by Gasteiger charge is 2.24. The van der Waals surface area contributed by atoms with Crippen molar-refractivity contribution < 1.29 is 24.2 Å². The van der Waals surface area contributed by atoms with E-state index in [0.717, 1.165) is 0 Å². The van der Waals surface area contributed by atoms with Gasteiger partial charge in [0.2, 0.25) is 0 Å². The highest BCUT2D eigenvalue weighted by molar-refractivity contribution is 6.32. The third-order valence-corrected chi connectivity index (χ3v) is 2.72. The average molecular weight is 288 g/mol. The second-order valence-corrected chi connectivity index (χ2v) is 4.12. The third kappa shape index (κ3) is 3.51. The number of carboxylic acids is 1. The molecule has 0 aliphatic carbocycles. The second-order valence-electron chi connectivity index (χ2n) is 3.71. The molecule has 1 aromatic carbocycles. The highest BCUT2D eigenvalue weighted by Crippen LogP contribution is 2.36. The summed E-state index contributed by atoms with van der Waals surface area (Å²) in [5, 5.41) is 11.9. The van der Waals surface area contributed by atoms with Crippen molar-refractivity contribution in [2.45, 2.75) is 13.0 Å². The first-order valence-electron chi connectivity index (χ1n) is 5.32. The van der Waals surface area contributed by atoms with E-state index in [2.05, 4.69) is 5.32 Å². The molecule has 0 spiro atoms. The molecule has 0 bridgehead atoms. The van der Waals surface area contributed by atoms with Gasteiger partial charge in [-0.2, -0.15) is 0 Å². The third-order valence-electron chi connectivity index (χ3n) is 2.43. The van der Waals surface area contributed by atoms with Crippen LogP contribution in [0, 0.1) is 0 Å². The summed E-state index contributed by atoms with van der Waals surface area (Å²) in [5.41, 5.74) is 0.311. The molecule has 0 radical (unpaired) electrons. The van der Waals surface area contributed by atoms with Gasteiger partial charge >= 0.3 is 5.97 Å². The number of hydrogen-bond donors (Lipinski definition) is 2. The van der Waals surface area contributed by atoms with Gasteiger partial charge in [0.25, 0.3) is 0 Å². The fourth-order valence-corrected chi connectivity index (χ4v) is 1.70. The van der Waals surface area contributed by atoms with Gasteiger partial charge in [0.1, 0.15) is 11.5 Å². The van der Waals surface area contributed by atoms with Gasteiger partial charge in [-0.1, -0.05) is 11.6 Å². The number of methoxy groups -OCH3 is 2. The maximum Gasteiger partial charge on any atom is 0.333 e. The zero-order valence-electron chi connectivity index (χ0n) is 10.7. The van der Waals surface area contributed by atoms with Crippen LogP contribution in [0.3, 0.4) is 0 Å². The van der Waals surface area contributed by atoms with Crippen molar-refractivity contribution in [1.29, 1.82) is 0 Å². The van der Waals surface area contributed by atoms with Crippen LogP contribution in [-0.4, -0.2) is 37.1 Å². The minimum Gasteiger partial charge on any atom is -0.495 e. The molecular formula is C12H14ClNO5. The van der Waals surface area contributed by atoms with E-state index in [-0.39, 0.29) is 0 Å². The summed E-state index contributed by atoms with van der Waals surface area (Å²) in [6, 6.07) is 1.58. The molecule has 0 aliphatic heterocycles. The van der Waals surface area contributed by atoms with Crippen molar-refractivity contribution in [3.05, 3.63) is 17.2 Å². The van der Waals surface area contributed by atoms with Gasteiger partial charge < -0.3 is 19.9 Å². The molecule has 0 saturated carbocycles. The lowest BCUT2D eigenvalue weighted by molar-refractivity contribution is -0.140. The van der Waals surface area contributed by atoms with E-state index in [1.54, 1.807) is 0 Å². The first-order chi connectivity index (χ1) is 8.90. The van der Waals surface area contributed by atoms with Gasteiger partial charge in [-0.25, -0.2) is 4.79 Å². The number of ketones is 1. The molecule has 6 nitrogen and oxygen atoms in total. The number of hydrogen-bond acceptors (Lipinski definition) is 5. The van der Waals surface area contributed by atoms with Crippen molar-refractivity contribution >= 4 is 29.0 Å². The average Bonchev–Trinajstić information content (AvgIpc) is 2.35. The minimum atomic E-state index is -1.36. The number of nitrogens with one attached hydrogen (secondary N) is 1. The molecule has 1 rings (SSSR count). The van der Waals surface area contributed by atoms with Crippen LogP contribution in [0.1, 0.15) is 6.92 Å². The van der Waals surface area contributed by atoms with E-state index < -0.39 is 17.8 Å². The predicted octanol–water partition coefficient (Wildman–Crippen LogP) is 1.81. The molecule has 0 aliphatic rings. The lowest BCUT2D eigenvalue weighted by atomic mass is 10.2. The molecule has 7 heteroatoms. The van der Waals surface area contributed by atoms with Crippen molar-refractivity contribution in [3.8, 4) is 11.5 Å². The maximum absolute atomic E-state index is 11.3. The standard InChI is InChI=1S/C12H14ClNO5/c1-6(15)11(12(16)17)14-8-5-9(18-2)7(13)4-10(8)19-3/h4-5,11,14H,1-3H3,(H,16,17). The second kappa shape index (κ2) is 6.29. The largest absolute Gasteiger partial charge is 0.495 e. The van der Waals surface area contributed by atoms with E-state index >= 15 is 0 Å². The number of carboxylic acid groups (broad SMARTS) is 1. The minimum absolute atomic E-state index is 0.311. The van der Waals surface area contributed by atoms with Crippen LogP contribution in [0.5, 0.6) is 11.5 Å². The molecule has 0 saturated heterocycles. The van der Waals surface area contributed by atoms with E-state index in [1.807, 2.05) is 0 Å². The smallest absolute Gasteiger partial charge is 0.333 e. The first kappa shape index (κ1) is 15.1. The first-order valence-corrected chi connectivity index (χ1v) is 5.69. The Hall–Kier alpha value is -1.95. The molecule has 0 heterocycles. The number of Topliss-reactive ketones (excluding diaryl/α,β-unsaturated/α-hetero) is 1. The molecule has 1 aromatic rings. The van der Waals surface area contributed by atoms with Gasteiger partial charge in [0.15, 0.2) is 11.8 Å². The van der Waals surface area contributed by atoms with Crippen LogP contribution >= 0.6 is 11.6 Å². The summed E-state index contributed by atoms with van der Waals surface area (Å²) in [5.74, 6) is -1.14. The SMILES string of the molecule is COc1cc(NC(C(C)=O)C(=O)O)c(OC)cc1Cl. The van der Waals surface area contributed by atoms with E-state index in [1.165, 1.54) is 33.3 Å². The lowest BCUT2D eigenvalue weighted by Gasteiger charge is -2.17. The fraction of sp³-hybridized carbons (Fsp3) is 0.333. The normalized spacial score (nSPS) is 11.6. The van der Waals surface area contributed by atoms with Crippen LogP contribution in [0.25, 0.3) is 0 Å². The Kier molecular flexibility index (Phi) is 5.00. The lowest BCUT2D eigenvalue weighted by Crippen LogP contribution is -2.35. The van der Waals surface area contributed by atoms with Crippen molar-refractivity contribution in [2.24, 2.45) is 0 Å². The van der Waals surface area contributed by atoms with E-state index in [0.29, 0.717) is 22.2 Å². The summed E-state index contributed by atoms with van der Waals surface area (Å²) in [4.78, 5) is 22.3. The Morgan fingerprint density at radius 3 is 2.26 bits per heavy atom. The molecule has 2 N–H and O–H groups in total. The topological polar surface area (TPSA) is 84.9 Å². The van der Waals surface area contributed by atoms with Crippen LogP contribution in [-0.2, 0) is 9.59 Å². The Balaban J connectivity index is 3.17. The molecule has 0 amide bonds. The zero-order valence-corrected chi connectivity index (χ0v) is 11.4. The van der Waals surface area contributed by atoms with Gasteiger partial charge in [-0.3, -0.25) is 4.79 Å². The summed E-state index contributed by atoms with van der Waals surface area (Å²) in [6.45, 7) is 1.19. The van der Waals surface area contributed by atoms with Gasteiger partial charge in [0.05, 0.1) is 24.9 Å². The Labute approximate surface area is 115 Å². The maximum atomic E-state index is 11.3. The Morgan fingerprint density at radius 1 is 1.26 bits per heavy atom. The number of aliphatic carboxylic acids is 1. The number of rotatable bonds is 6. The zero-order chi connectivity index (χ0) is 14.6. The van der Waals surface area contributed by atoms with Crippen LogP contribution in [0.15, 0.2) is 12.1 Å². The molecule has 19 heavy (non-hydrogen) atoms. The molecular weight excluding hydrogens is 274 g/mol. The van der Waals surface area contributed by atoms with Crippen LogP contribution in [0.4, 0.5) is 5.69 Å². The van der Waals surface area contributed by atoms with E-state index in [9.17, 15) is 9.59 Å². The van der Waals surface area contributed by atoms with Gasteiger partial charge in [0, 0.05) is 12.1 Å². The molecule has 1 unspecified atom stereocenters. The number of anilines is 1. The number of benzene rings is 1. The fourth-order valence-electron chi connectivity index (χ4n) is 1.47. The molecule has 1 atom stereocenters. The molecule has 104 valence electrons. The van der Waals surface area contributed by atoms with Crippen LogP contribution in [0.2, 0.25) is 5.02 Å². The quantitative estimate of drug-likeness (QED) is 0.776. The van der Waals surface area contributed by atoms with Crippen molar-refractivity contribution in [1.82, 2.24) is 0 Å². The summed E-state index contributed by atoms with van der Waals surface area (Å²) in [6.07, 6.45) is 0. The van der Waals surface area contributed by atoms with Gasteiger partial charge in [-0.15, -0.1) is 0 Å². The van der Waals surface area contributed by atoms with Gasteiger partial charge in [-0.05, 0) is 6.92 Å². The highest BCUT2D eigenvalue weighted by atomic mass is 35.5. The number of carbonyl (C=O) groups excluding carboxylic acids is 1. The number of ether oxygens (including phenoxy) is 2. The summed E-state index contributed by atoms with van der Waals surface area (Å²) in [7, 11) is 2.84. The predicted molar refractivity (Wildman–Crippen MR) is 70.3 cm³/mol.